The predicted octanol–water partition coefficient (Wildman–Crippen LogP) is 1.79. The Morgan fingerprint density at radius 2 is 2.35 bits per heavy atom. The third-order valence-electron chi connectivity index (χ3n) is 3.84. The van der Waals surface area contributed by atoms with E-state index >= 15 is 0 Å². The molecule has 0 aliphatic carbocycles. The average molecular weight is 275 g/mol. The molecule has 3 rings (SSSR count). The van der Waals surface area contributed by atoms with E-state index in [9.17, 15) is 10.1 Å². The van der Waals surface area contributed by atoms with Gasteiger partial charge in [-0.05, 0) is 25.3 Å². The summed E-state index contributed by atoms with van der Waals surface area (Å²) in [7, 11) is 0. The minimum absolute atomic E-state index is 0.0710. The van der Waals surface area contributed by atoms with E-state index < -0.39 is 4.92 Å². The lowest BCUT2D eigenvalue weighted by atomic mass is 10.0. The molecule has 106 valence electrons. The number of aromatic nitrogens is 2. The fourth-order valence-electron chi connectivity index (χ4n) is 2.76. The summed E-state index contributed by atoms with van der Waals surface area (Å²) in [4.78, 5) is 20.3. The molecule has 1 aliphatic heterocycles. The van der Waals surface area contributed by atoms with Crippen molar-refractivity contribution in [3.63, 3.8) is 0 Å². The summed E-state index contributed by atoms with van der Waals surface area (Å²) >= 11 is 0. The highest BCUT2D eigenvalue weighted by Gasteiger charge is 2.24. The van der Waals surface area contributed by atoms with E-state index in [1.807, 2.05) is 0 Å². The van der Waals surface area contributed by atoms with Crippen LogP contribution in [0.1, 0.15) is 19.3 Å². The molecule has 7 nitrogen and oxygen atoms in total. The van der Waals surface area contributed by atoms with Crippen molar-refractivity contribution in [2.75, 3.05) is 18.0 Å². The lowest BCUT2D eigenvalue weighted by molar-refractivity contribution is -0.384. The Balaban J connectivity index is 1.97. The number of aromatic amines is 1. The van der Waals surface area contributed by atoms with E-state index in [0.29, 0.717) is 18.1 Å². The van der Waals surface area contributed by atoms with E-state index in [0.717, 1.165) is 30.9 Å². The van der Waals surface area contributed by atoms with Gasteiger partial charge in [0.2, 0.25) is 5.95 Å². The smallest absolute Gasteiger partial charge is 0.271 e. The van der Waals surface area contributed by atoms with Crippen LogP contribution in [-0.4, -0.2) is 34.0 Å². The maximum absolute atomic E-state index is 10.8. The molecule has 0 amide bonds. The summed E-state index contributed by atoms with van der Waals surface area (Å²) in [5, 5.41) is 10.8. The number of hydrogen-bond acceptors (Lipinski definition) is 5. The van der Waals surface area contributed by atoms with Gasteiger partial charge in [-0.25, -0.2) is 4.98 Å². The number of non-ortho nitro benzene ring substituents is 1. The van der Waals surface area contributed by atoms with Gasteiger partial charge in [-0.15, -0.1) is 0 Å². The van der Waals surface area contributed by atoms with Gasteiger partial charge in [0.05, 0.1) is 16.0 Å². The molecule has 7 heteroatoms. The second-order valence-electron chi connectivity index (χ2n) is 5.10. The molecule has 1 aromatic heterocycles. The largest absolute Gasteiger partial charge is 0.338 e. The fourth-order valence-corrected chi connectivity index (χ4v) is 2.76. The SMILES string of the molecule is NC[C@@H]1CCCCN1c1nc2ccc([N+](=O)[O-])cc2[nH]1. The first-order valence-corrected chi connectivity index (χ1v) is 6.80. The lowest BCUT2D eigenvalue weighted by Gasteiger charge is -2.34. The van der Waals surface area contributed by atoms with Crippen LogP contribution in [0.5, 0.6) is 0 Å². The zero-order valence-electron chi connectivity index (χ0n) is 11.1. The average Bonchev–Trinajstić information content (AvgIpc) is 2.89. The number of nitrogens with two attached hydrogens (primary N) is 1. The van der Waals surface area contributed by atoms with Crippen LogP contribution in [-0.2, 0) is 0 Å². The molecule has 0 saturated carbocycles. The Kier molecular flexibility index (Phi) is 3.27. The van der Waals surface area contributed by atoms with Gasteiger partial charge in [-0.3, -0.25) is 10.1 Å². The van der Waals surface area contributed by atoms with Crippen molar-refractivity contribution in [3.05, 3.63) is 28.3 Å². The molecule has 1 aliphatic rings. The number of piperidine rings is 1. The van der Waals surface area contributed by atoms with Crippen LogP contribution in [0.15, 0.2) is 18.2 Å². The topological polar surface area (TPSA) is 101 Å². The van der Waals surface area contributed by atoms with Crippen molar-refractivity contribution >= 4 is 22.7 Å². The molecule has 1 aromatic carbocycles. The third kappa shape index (κ3) is 2.20. The number of nitrogens with zero attached hydrogens (tertiary/aromatic N) is 3. The quantitative estimate of drug-likeness (QED) is 0.657. The minimum Gasteiger partial charge on any atom is -0.338 e. The molecule has 0 radical (unpaired) electrons. The number of imidazole rings is 1. The third-order valence-corrected chi connectivity index (χ3v) is 3.84. The number of nitro groups is 1. The molecule has 1 fully saturated rings. The molecule has 2 aromatic rings. The number of H-pyrrole nitrogens is 1. The second kappa shape index (κ2) is 5.09. The maximum atomic E-state index is 10.8. The summed E-state index contributed by atoms with van der Waals surface area (Å²) in [6.07, 6.45) is 3.37. The van der Waals surface area contributed by atoms with Crippen LogP contribution >= 0.6 is 0 Å². The lowest BCUT2D eigenvalue weighted by Crippen LogP contribution is -2.44. The van der Waals surface area contributed by atoms with E-state index in [4.69, 9.17) is 5.73 Å². The van der Waals surface area contributed by atoms with Gasteiger partial charge < -0.3 is 15.6 Å². The summed E-state index contributed by atoms with van der Waals surface area (Å²) in [5.41, 5.74) is 7.32. The second-order valence-corrected chi connectivity index (χ2v) is 5.10. The van der Waals surface area contributed by atoms with Crippen molar-refractivity contribution in [2.45, 2.75) is 25.3 Å². The Morgan fingerprint density at radius 1 is 1.50 bits per heavy atom. The number of nitro benzene ring substituents is 1. The van der Waals surface area contributed by atoms with Crippen molar-refractivity contribution < 1.29 is 4.92 Å². The van der Waals surface area contributed by atoms with Gasteiger partial charge in [0.1, 0.15) is 0 Å². The number of benzene rings is 1. The number of rotatable bonds is 3. The highest BCUT2D eigenvalue weighted by Crippen LogP contribution is 2.26. The molecule has 0 spiro atoms. The number of fused-ring (bicyclic) bond motifs is 1. The molecule has 2 heterocycles. The van der Waals surface area contributed by atoms with E-state index in [1.54, 1.807) is 6.07 Å². The van der Waals surface area contributed by atoms with E-state index in [2.05, 4.69) is 14.9 Å². The highest BCUT2D eigenvalue weighted by molar-refractivity contribution is 5.80. The van der Waals surface area contributed by atoms with Gasteiger partial charge in [0.15, 0.2) is 0 Å². The zero-order valence-corrected chi connectivity index (χ0v) is 11.1. The Hall–Kier alpha value is -2.15. The molecule has 1 atom stereocenters. The van der Waals surface area contributed by atoms with E-state index in [-0.39, 0.29) is 5.69 Å². The van der Waals surface area contributed by atoms with Crippen LogP contribution in [0.4, 0.5) is 11.6 Å². The molecular weight excluding hydrogens is 258 g/mol. The summed E-state index contributed by atoms with van der Waals surface area (Å²) in [5.74, 6) is 0.760. The van der Waals surface area contributed by atoms with Gasteiger partial charge in [-0.2, -0.15) is 0 Å². The number of anilines is 1. The fraction of sp³-hybridized carbons (Fsp3) is 0.462. The summed E-state index contributed by atoms with van der Waals surface area (Å²) < 4.78 is 0. The monoisotopic (exact) mass is 275 g/mol. The first kappa shape index (κ1) is 12.9. The van der Waals surface area contributed by atoms with Gasteiger partial charge >= 0.3 is 0 Å². The normalized spacial score (nSPS) is 19.4. The molecular formula is C13H17N5O2. The van der Waals surface area contributed by atoms with Crippen molar-refractivity contribution in [2.24, 2.45) is 5.73 Å². The maximum Gasteiger partial charge on any atom is 0.271 e. The minimum atomic E-state index is -0.399. The molecule has 0 bridgehead atoms. The van der Waals surface area contributed by atoms with Crippen LogP contribution in [0.25, 0.3) is 11.0 Å². The first-order chi connectivity index (χ1) is 9.69. The molecule has 3 N–H and O–H groups in total. The summed E-state index contributed by atoms with van der Waals surface area (Å²) in [6, 6.07) is 4.96. The van der Waals surface area contributed by atoms with Crippen LogP contribution in [0, 0.1) is 10.1 Å². The van der Waals surface area contributed by atoms with Crippen LogP contribution in [0.3, 0.4) is 0 Å². The number of hydrogen-bond donors (Lipinski definition) is 2. The van der Waals surface area contributed by atoms with Gasteiger partial charge in [0, 0.05) is 31.3 Å². The molecule has 1 saturated heterocycles. The van der Waals surface area contributed by atoms with Crippen molar-refractivity contribution in [3.8, 4) is 0 Å². The zero-order chi connectivity index (χ0) is 14.1. The molecule has 0 unspecified atom stereocenters. The first-order valence-electron chi connectivity index (χ1n) is 6.80. The van der Waals surface area contributed by atoms with Crippen molar-refractivity contribution in [1.29, 1.82) is 0 Å². The highest BCUT2D eigenvalue weighted by atomic mass is 16.6. The van der Waals surface area contributed by atoms with Gasteiger partial charge in [0.25, 0.3) is 5.69 Å². The van der Waals surface area contributed by atoms with Crippen LogP contribution < -0.4 is 10.6 Å². The van der Waals surface area contributed by atoms with Crippen LogP contribution in [0.2, 0.25) is 0 Å². The van der Waals surface area contributed by atoms with E-state index in [1.165, 1.54) is 18.6 Å². The summed E-state index contributed by atoms with van der Waals surface area (Å²) in [6.45, 7) is 1.51. The number of nitrogens with one attached hydrogen (secondary N) is 1. The molecule has 20 heavy (non-hydrogen) atoms. The standard InChI is InChI=1S/C13H17N5O2/c14-8-10-3-1-2-6-17(10)13-15-11-5-4-9(18(19)20)7-12(11)16-13/h4-5,7,10H,1-3,6,8,14H2,(H,15,16)/t10-/m0/s1. The Morgan fingerprint density at radius 3 is 3.10 bits per heavy atom. The van der Waals surface area contributed by atoms with Crippen molar-refractivity contribution in [1.82, 2.24) is 9.97 Å². The van der Waals surface area contributed by atoms with Gasteiger partial charge in [-0.1, -0.05) is 0 Å². The Labute approximate surface area is 115 Å². The predicted molar refractivity (Wildman–Crippen MR) is 76.8 cm³/mol. The Bertz CT molecular complexity index is 639.